The number of unbranched alkanes of at least 4 members (excludes halogenated alkanes) is 1. The molecule has 73 heavy (non-hydrogen) atoms. The molecule has 0 unspecified atom stereocenters. The number of aliphatic carboxylic acids is 1. The van der Waals surface area contributed by atoms with Crippen molar-refractivity contribution in [1.82, 2.24) is 58.1 Å². The van der Waals surface area contributed by atoms with E-state index in [0.717, 1.165) is 4.90 Å². The van der Waals surface area contributed by atoms with Gasteiger partial charge in [-0.25, -0.2) is 4.79 Å². The van der Waals surface area contributed by atoms with Crippen molar-refractivity contribution in [2.24, 2.45) is 11.5 Å². The number of hydrogen-bond donors (Lipinski definition) is 19. The van der Waals surface area contributed by atoms with Crippen LogP contribution in [0.4, 0.5) is 0 Å². The van der Waals surface area contributed by atoms with Crippen molar-refractivity contribution in [2.45, 2.75) is 132 Å². The van der Waals surface area contributed by atoms with Crippen LogP contribution in [0, 0.1) is 0 Å². The third kappa shape index (κ3) is 21.0. The molecule has 20 N–H and O–H groups in total. The molecule has 0 radical (unpaired) electrons. The van der Waals surface area contributed by atoms with Crippen molar-refractivity contribution in [3.05, 3.63) is 0 Å². The first kappa shape index (κ1) is 64.7. The van der Waals surface area contributed by atoms with Crippen molar-refractivity contribution in [3.63, 3.8) is 0 Å². The summed E-state index contributed by atoms with van der Waals surface area (Å²) in [5.74, 6) is -12.3. The number of carboxylic acid groups (broad SMARTS) is 1. The van der Waals surface area contributed by atoms with Crippen LogP contribution < -0.4 is 64.6 Å². The predicted molar refractivity (Wildman–Crippen MR) is 255 cm³/mol. The second-order valence-electron chi connectivity index (χ2n) is 16.8. The maximum Gasteiger partial charge on any atom is 0.326 e. The van der Waals surface area contributed by atoms with E-state index in [4.69, 9.17) is 11.5 Å². The number of nitrogens with one attached hydrogen (secondary N) is 10. The van der Waals surface area contributed by atoms with Gasteiger partial charge in [-0.1, -0.05) is 0 Å². The fraction of sp³-hybridized carbons (Fsp3) is 0.707. The van der Waals surface area contributed by atoms with Gasteiger partial charge in [0.05, 0.1) is 39.1 Å². The number of nitrogens with two attached hydrogens (primary N) is 2. The summed E-state index contributed by atoms with van der Waals surface area (Å²) < 4.78 is 0. The summed E-state index contributed by atoms with van der Waals surface area (Å²) in [7, 11) is 0. The highest BCUT2D eigenvalue weighted by molar-refractivity contribution is 7.80. The lowest BCUT2D eigenvalue weighted by molar-refractivity contribution is -0.143. The second-order valence-corrected chi connectivity index (χ2v) is 17.2. The van der Waals surface area contributed by atoms with Gasteiger partial charge in [-0.05, 0) is 66.3 Å². The predicted octanol–water partition coefficient (Wildman–Crippen LogP) is -10.7. The van der Waals surface area contributed by atoms with E-state index in [1.807, 2.05) is 0 Å². The van der Waals surface area contributed by atoms with Gasteiger partial charge >= 0.3 is 5.97 Å². The topological polar surface area (TPSA) is 502 Å². The van der Waals surface area contributed by atoms with Crippen molar-refractivity contribution in [3.8, 4) is 0 Å². The average Bonchev–Trinajstić information content (AvgIpc) is 3.86. The van der Waals surface area contributed by atoms with Gasteiger partial charge in [0, 0.05) is 12.3 Å². The number of carbonyl (C=O) groups is 12. The zero-order valence-corrected chi connectivity index (χ0v) is 41.6. The number of amides is 11. The number of likely N-dealkylation sites (tertiary alicyclic amines) is 1. The normalized spacial score (nSPS) is 17.6. The lowest BCUT2D eigenvalue weighted by Gasteiger charge is -2.29. The highest BCUT2D eigenvalue weighted by atomic mass is 32.1. The van der Waals surface area contributed by atoms with E-state index in [0.29, 0.717) is 12.8 Å². The Morgan fingerprint density at radius 2 is 0.849 bits per heavy atom. The molecule has 32 heteroatoms. The van der Waals surface area contributed by atoms with Crippen molar-refractivity contribution in [2.75, 3.05) is 51.9 Å². The average molecular weight is 1070 g/mol. The minimum Gasteiger partial charge on any atom is -0.480 e. The molecule has 1 aliphatic rings. The van der Waals surface area contributed by atoms with Gasteiger partial charge in [-0.2, -0.15) is 12.6 Å². The number of carbonyl (C=O) groups excluding carboxylic acids is 11. The first-order chi connectivity index (χ1) is 34.3. The molecule has 0 aromatic carbocycles. The van der Waals surface area contributed by atoms with Crippen molar-refractivity contribution in [1.29, 1.82) is 0 Å². The minimum atomic E-state index is -1.78. The molecule has 1 rings (SSSR count). The number of aliphatic hydroxyl groups excluding tert-OH is 5. The zero-order valence-electron chi connectivity index (χ0n) is 40.8. The molecule has 1 heterocycles. The van der Waals surface area contributed by atoms with Gasteiger partial charge < -0.3 is 100 Å². The van der Waals surface area contributed by atoms with E-state index in [1.54, 1.807) is 0 Å². The van der Waals surface area contributed by atoms with Gasteiger partial charge in [0.25, 0.3) is 0 Å². The van der Waals surface area contributed by atoms with Crippen LogP contribution >= 0.6 is 12.6 Å². The number of carboxylic acids is 1. The number of aliphatic hydroxyl groups is 5. The Bertz CT molecular complexity index is 1950. The molecule has 0 aromatic heterocycles. The van der Waals surface area contributed by atoms with E-state index >= 15 is 0 Å². The maximum atomic E-state index is 13.5. The van der Waals surface area contributed by atoms with Crippen LogP contribution in [-0.2, 0) is 57.5 Å². The van der Waals surface area contributed by atoms with E-state index in [1.165, 1.54) is 27.7 Å². The molecular formula is C41H71N13O18S. The van der Waals surface area contributed by atoms with Gasteiger partial charge in [-0.3, -0.25) is 52.7 Å². The summed E-state index contributed by atoms with van der Waals surface area (Å²) >= 11 is 3.89. The summed E-state index contributed by atoms with van der Waals surface area (Å²) in [5.41, 5.74) is 11.0. The molecule has 1 fully saturated rings. The van der Waals surface area contributed by atoms with Gasteiger partial charge in [-0.15, -0.1) is 0 Å². The summed E-state index contributed by atoms with van der Waals surface area (Å²) in [6.45, 7) is 0.108. The van der Waals surface area contributed by atoms with Gasteiger partial charge in [0.2, 0.25) is 65.0 Å². The summed E-state index contributed by atoms with van der Waals surface area (Å²) in [6, 6.07) is -17.6. The van der Waals surface area contributed by atoms with Gasteiger partial charge in [0.1, 0.15) is 66.5 Å². The monoisotopic (exact) mass is 1070 g/mol. The van der Waals surface area contributed by atoms with E-state index in [9.17, 15) is 88.2 Å². The molecule has 1 aliphatic heterocycles. The summed E-state index contributed by atoms with van der Waals surface area (Å²) in [4.78, 5) is 155. The minimum absolute atomic E-state index is 0.00546. The first-order valence-electron chi connectivity index (χ1n) is 23.0. The third-order valence-corrected chi connectivity index (χ3v) is 11.4. The fourth-order valence-corrected chi connectivity index (χ4v) is 6.74. The first-order valence-corrected chi connectivity index (χ1v) is 23.7. The van der Waals surface area contributed by atoms with Crippen LogP contribution in [-0.4, -0.2) is 231 Å². The quantitative estimate of drug-likeness (QED) is 0.0220. The molecule has 0 spiro atoms. The third-order valence-electron chi connectivity index (χ3n) is 11.0. The Kier molecular flexibility index (Phi) is 29.0. The van der Waals surface area contributed by atoms with Gasteiger partial charge in [0.15, 0.2) is 0 Å². The van der Waals surface area contributed by atoms with Crippen LogP contribution in [0.25, 0.3) is 0 Å². The van der Waals surface area contributed by atoms with Crippen LogP contribution in [0.3, 0.4) is 0 Å². The van der Waals surface area contributed by atoms with Crippen LogP contribution in [0.15, 0.2) is 0 Å². The standard InChI is InChI=1S/C41H71N13O18S/c1-18(46-34(64)24(12-55)49-32(62)20(3)45-33(63)22(43)17-73)30(60)44-19(2)31(61)50-26(14-57)37(67)51-25(13-56)35(65)47-21(4)40(70)54-11-7-9-29(54)39(69)53-28(16-59)38(68)52-27(15-58)36(66)48-23(41(71)72)8-5-6-10-42/h18-29,55-59,73H,5-17,42-43H2,1-4H3,(H,44,60)(H,45,63)(H,46,64)(H,47,65)(H,48,66)(H,49,62)(H,50,61)(H,51,67)(H,52,68)(H,53,69)(H,71,72)/t18-,19-,20-,21-,22-,23-,24-,25-,26-,27-,28-,29-/m0/s1. The molecule has 0 saturated carbocycles. The Balaban J connectivity index is 2.84. The Morgan fingerprint density at radius 1 is 0.507 bits per heavy atom. The second kappa shape index (κ2) is 32.7. The molecule has 0 aromatic rings. The highest BCUT2D eigenvalue weighted by Crippen LogP contribution is 2.19. The molecule has 31 nitrogen and oxygen atoms in total. The number of thiol groups is 1. The molecule has 1 saturated heterocycles. The summed E-state index contributed by atoms with van der Waals surface area (Å²) in [5, 5.41) is 80.9. The number of rotatable bonds is 32. The Morgan fingerprint density at radius 3 is 1.25 bits per heavy atom. The number of nitrogens with zero attached hydrogens (tertiary/aromatic N) is 1. The smallest absolute Gasteiger partial charge is 0.326 e. The number of hydrogen-bond acceptors (Lipinski definition) is 20. The molecular weight excluding hydrogens is 995 g/mol. The molecule has 0 bridgehead atoms. The molecule has 414 valence electrons. The lowest BCUT2D eigenvalue weighted by Crippen LogP contribution is -2.61. The maximum absolute atomic E-state index is 13.5. The largest absolute Gasteiger partial charge is 0.480 e. The molecule has 11 amide bonds. The fourth-order valence-electron chi connectivity index (χ4n) is 6.58. The lowest BCUT2D eigenvalue weighted by atomic mass is 10.1. The van der Waals surface area contributed by atoms with Crippen molar-refractivity contribution >= 4 is 83.6 Å². The highest BCUT2D eigenvalue weighted by Gasteiger charge is 2.39. The molecule has 12 atom stereocenters. The Labute approximate surface area is 424 Å². The van der Waals surface area contributed by atoms with E-state index < -0.39 is 176 Å². The van der Waals surface area contributed by atoms with E-state index in [2.05, 4.69) is 65.8 Å². The summed E-state index contributed by atoms with van der Waals surface area (Å²) in [6.07, 6.45) is 1.17. The molecule has 0 aliphatic carbocycles. The van der Waals surface area contributed by atoms with Crippen LogP contribution in [0.1, 0.15) is 59.8 Å². The zero-order chi connectivity index (χ0) is 55.7. The van der Waals surface area contributed by atoms with E-state index in [-0.39, 0.29) is 38.1 Å². The Hall–Kier alpha value is -6.29. The van der Waals surface area contributed by atoms with Crippen molar-refractivity contribution < 1.29 is 88.2 Å². The van der Waals surface area contributed by atoms with Crippen LogP contribution in [0.5, 0.6) is 0 Å². The SMILES string of the molecule is C[C@H](NC(=O)[C@H](C)NC(=O)[C@H](CO)NC(=O)[C@H](C)NC(=O)[C@@H](N)CS)C(=O)N[C@@H](CO)C(=O)N[C@@H](CO)C(=O)N[C@@H](C)C(=O)N1CCC[C@H]1C(=O)N[C@@H](CO)C(=O)N[C@@H](CO)C(=O)N[C@@H](CCCCN)C(=O)O. The van der Waals surface area contributed by atoms with Crippen LogP contribution in [0.2, 0.25) is 0 Å².